The highest BCUT2D eigenvalue weighted by Gasteiger charge is 2.22. The van der Waals surface area contributed by atoms with Crippen molar-refractivity contribution in [2.45, 2.75) is 37.4 Å². The molecule has 1 unspecified atom stereocenters. The second-order valence-corrected chi connectivity index (χ2v) is 7.36. The van der Waals surface area contributed by atoms with Crippen LogP contribution in [0.15, 0.2) is 17.2 Å². The minimum absolute atomic E-state index is 0.0218. The molecule has 1 fully saturated rings. The molecule has 2 rings (SSSR count). The molecule has 0 amide bonds. The second kappa shape index (κ2) is 7.85. The van der Waals surface area contributed by atoms with Gasteiger partial charge in [0.25, 0.3) is 0 Å². The van der Waals surface area contributed by atoms with Crippen molar-refractivity contribution in [3.8, 4) is 0 Å². The van der Waals surface area contributed by atoms with Gasteiger partial charge in [-0.1, -0.05) is 0 Å². The third-order valence-electron chi connectivity index (χ3n) is 3.59. The van der Waals surface area contributed by atoms with E-state index in [1.54, 1.807) is 6.92 Å². The minimum Gasteiger partial charge on any atom is -0.465 e. The molecule has 1 atom stereocenters. The van der Waals surface area contributed by atoms with Crippen LogP contribution in [0, 0.1) is 6.92 Å². The molecule has 23 heavy (non-hydrogen) atoms. The van der Waals surface area contributed by atoms with Crippen molar-refractivity contribution >= 4 is 15.8 Å². The van der Waals surface area contributed by atoms with Gasteiger partial charge >= 0.3 is 5.97 Å². The lowest BCUT2D eigenvalue weighted by Gasteiger charge is -2.22. The number of ether oxygens (including phenoxy) is 3. The van der Waals surface area contributed by atoms with Crippen LogP contribution in [-0.4, -0.2) is 51.7 Å². The van der Waals surface area contributed by atoms with E-state index < -0.39 is 15.8 Å². The van der Waals surface area contributed by atoms with Crippen LogP contribution in [-0.2, 0) is 24.0 Å². The number of carbonyl (C=O) groups is 1. The van der Waals surface area contributed by atoms with Crippen LogP contribution < -0.4 is 0 Å². The van der Waals surface area contributed by atoms with Gasteiger partial charge in [-0.2, -0.15) is 0 Å². The molecule has 0 radical (unpaired) electrons. The number of aromatic nitrogens is 1. The van der Waals surface area contributed by atoms with E-state index in [-0.39, 0.29) is 29.1 Å². The van der Waals surface area contributed by atoms with Crippen molar-refractivity contribution in [2.24, 2.45) is 0 Å². The van der Waals surface area contributed by atoms with Crippen molar-refractivity contribution in [3.05, 3.63) is 23.5 Å². The normalized spacial score (nSPS) is 18.6. The van der Waals surface area contributed by atoms with E-state index in [0.29, 0.717) is 12.3 Å². The van der Waals surface area contributed by atoms with Crippen LogP contribution in [0.25, 0.3) is 0 Å². The zero-order chi connectivity index (χ0) is 16.9. The summed E-state index contributed by atoms with van der Waals surface area (Å²) in [5.74, 6) is -0.819. The Morgan fingerprint density at radius 2 is 2.22 bits per heavy atom. The zero-order valence-corrected chi connectivity index (χ0v) is 14.1. The highest BCUT2D eigenvalue weighted by atomic mass is 32.2. The van der Waals surface area contributed by atoms with Crippen molar-refractivity contribution in [2.75, 3.05) is 26.1 Å². The minimum atomic E-state index is -3.61. The summed E-state index contributed by atoms with van der Waals surface area (Å²) < 4.78 is 40.3. The fraction of sp³-hybridized carbons (Fsp3) is 0.600. The summed E-state index contributed by atoms with van der Waals surface area (Å²) in [6.07, 6.45) is 3.76. The predicted octanol–water partition coefficient (Wildman–Crippen LogP) is 1.49. The number of hydrogen-bond acceptors (Lipinski definition) is 7. The van der Waals surface area contributed by atoms with E-state index >= 15 is 0 Å². The number of pyridine rings is 1. The number of rotatable bonds is 6. The predicted molar refractivity (Wildman–Crippen MR) is 81.9 cm³/mol. The quantitative estimate of drug-likeness (QED) is 0.723. The van der Waals surface area contributed by atoms with Crippen molar-refractivity contribution in [1.82, 2.24) is 4.98 Å². The second-order valence-electron chi connectivity index (χ2n) is 5.28. The SMILES string of the molecule is COC(=O)c1cnc(C)c(S(=O)(=O)CCOC2CCCCO2)c1. The van der Waals surface area contributed by atoms with E-state index in [1.807, 2.05) is 0 Å². The highest BCUT2D eigenvalue weighted by molar-refractivity contribution is 7.91. The molecule has 0 spiro atoms. The highest BCUT2D eigenvalue weighted by Crippen LogP contribution is 2.18. The number of hydrogen-bond donors (Lipinski definition) is 0. The Morgan fingerprint density at radius 1 is 1.43 bits per heavy atom. The molecule has 1 saturated heterocycles. The lowest BCUT2D eigenvalue weighted by molar-refractivity contribution is -0.158. The van der Waals surface area contributed by atoms with E-state index in [1.165, 1.54) is 19.4 Å². The lowest BCUT2D eigenvalue weighted by atomic mass is 10.2. The summed E-state index contributed by atoms with van der Waals surface area (Å²) in [4.78, 5) is 15.5. The molecular weight excluding hydrogens is 322 g/mol. The van der Waals surface area contributed by atoms with Gasteiger partial charge in [-0.05, 0) is 32.3 Å². The van der Waals surface area contributed by atoms with Crippen LogP contribution >= 0.6 is 0 Å². The van der Waals surface area contributed by atoms with E-state index in [9.17, 15) is 13.2 Å². The molecule has 0 aromatic carbocycles. The molecule has 128 valence electrons. The summed E-state index contributed by atoms with van der Waals surface area (Å²) in [5.41, 5.74) is 0.444. The summed E-state index contributed by atoms with van der Waals surface area (Å²) in [5, 5.41) is 0. The van der Waals surface area contributed by atoms with Gasteiger partial charge in [-0.15, -0.1) is 0 Å². The van der Waals surface area contributed by atoms with Gasteiger partial charge in [-0.3, -0.25) is 4.98 Å². The van der Waals surface area contributed by atoms with Gasteiger partial charge in [0.05, 0.1) is 35.6 Å². The van der Waals surface area contributed by atoms with Gasteiger partial charge in [0, 0.05) is 12.8 Å². The van der Waals surface area contributed by atoms with E-state index in [2.05, 4.69) is 9.72 Å². The Balaban J connectivity index is 2.04. The standard InChI is InChI=1S/C15H21NO6S/c1-11-13(9-12(10-16-11)15(17)20-2)23(18,19)8-7-22-14-5-3-4-6-21-14/h9-10,14H,3-8H2,1-2H3. The van der Waals surface area contributed by atoms with Crippen molar-refractivity contribution in [1.29, 1.82) is 0 Å². The summed E-state index contributed by atoms with van der Waals surface area (Å²) in [6, 6.07) is 1.29. The molecule has 0 N–H and O–H groups in total. The molecule has 0 aliphatic carbocycles. The molecule has 7 nitrogen and oxygen atoms in total. The number of esters is 1. The molecule has 1 aliphatic rings. The van der Waals surface area contributed by atoms with Crippen molar-refractivity contribution < 1.29 is 27.4 Å². The maximum absolute atomic E-state index is 12.4. The Labute approximate surface area is 135 Å². The molecule has 8 heteroatoms. The Hall–Kier alpha value is -1.51. The molecule has 1 aromatic heterocycles. The van der Waals surface area contributed by atoms with E-state index in [4.69, 9.17) is 9.47 Å². The van der Waals surface area contributed by atoms with Crippen LogP contribution in [0.5, 0.6) is 0 Å². The fourth-order valence-corrected chi connectivity index (χ4v) is 3.64. The Morgan fingerprint density at radius 3 is 2.87 bits per heavy atom. The maximum atomic E-state index is 12.4. The van der Waals surface area contributed by atoms with Crippen LogP contribution in [0.1, 0.15) is 35.3 Å². The average Bonchev–Trinajstić information content (AvgIpc) is 2.55. The monoisotopic (exact) mass is 343 g/mol. The number of methoxy groups -OCH3 is 1. The average molecular weight is 343 g/mol. The largest absolute Gasteiger partial charge is 0.465 e. The van der Waals surface area contributed by atoms with Gasteiger partial charge in [0.15, 0.2) is 16.1 Å². The zero-order valence-electron chi connectivity index (χ0n) is 13.3. The van der Waals surface area contributed by atoms with E-state index in [0.717, 1.165) is 19.3 Å². The third kappa shape index (κ3) is 4.73. The summed E-state index contributed by atoms with van der Waals surface area (Å²) >= 11 is 0. The molecule has 0 saturated carbocycles. The smallest absolute Gasteiger partial charge is 0.339 e. The van der Waals surface area contributed by atoms with Gasteiger partial charge in [0.1, 0.15) is 0 Å². The third-order valence-corrected chi connectivity index (χ3v) is 5.38. The summed E-state index contributed by atoms with van der Waals surface area (Å²) in [7, 11) is -2.38. The number of nitrogens with zero attached hydrogens (tertiary/aromatic N) is 1. The van der Waals surface area contributed by atoms with Gasteiger partial charge < -0.3 is 14.2 Å². The first-order valence-electron chi connectivity index (χ1n) is 7.45. The van der Waals surface area contributed by atoms with Crippen molar-refractivity contribution in [3.63, 3.8) is 0 Å². The molecule has 0 bridgehead atoms. The first kappa shape index (κ1) is 17.8. The number of carbonyl (C=O) groups excluding carboxylic acids is 1. The Kier molecular flexibility index (Phi) is 6.09. The maximum Gasteiger partial charge on any atom is 0.339 e. The van der Waals surface area contributed by atoms with Gasteiger partial charge in [-0.25, -0.2) is 13.2 Å². The van der Waals surface area contributed by atoms with Crippen LogP contribution in [0.4, 0.5) is 0 Å². The molecule has 1 aromatic rings. The first-order valence-corrected chi connectivity index (χ1v) is 9.10. The fourth-order valence-electron chi connectivity index (χ4n) is 2.30. The first-order chi connectivity index (χ1) is 10.9. The lowest BCUT2D eigenvalue weighted by Crippen LogP contribution is -2.25. The molecule has 1 aliphatic heterocycles. The summed E-state index contributed by atoms with van der Waals surface area (Å²) in [6.45, 7) is 2.26. The van der Waals surface area contributed by atoms with Crippen LogP contribution in [0.2, 0.25) is 0 Å². The molecular formula is C15H21NO6S. The topological polar surface area (TPSA) is 91.8 Å². The Bertz CT molecular complexity index is 652. The number of aryl methyl sites for hydroxylation is 1. The van der Waals surface area contributed by atoms with Gasteiger partial charge in [0.2, 0.25) is 0 Å². The van der Waals surface area contributed by atoms with Crippen LogP contribution in [0.3, 0.4) is 0 Å². The number of sulfone groups is 1. The molecule has 2 heterocycles.